The first-order valence-corrected chi connectivity index (χ1v) is 8.49. The Morgan fingerprint density at radius 3 is 2.76 bits per heavy atom. The van der Waals surface area contributed by atoms with Gasteiger partial charge in [0.2, 0.25) is 0 Å². The van der Waals surface area contributed by atoms with E-state index in [1.54, 1.807) is 31.2 Å². The quantitative estimate of drug-likeness (QED) is 0.756. The predicted molar refractivity (Wildman–Crippen MR) is 94.5 cm³/mol. The van der Waals surface area contributed by atoms with Gasteiger partial charge < -0.3 is 14.6 Å². The molecule has 2 rings (SSSR count). The molecule has 0 radical (unpaired) electrons. The summed E-state index contributed by atoms with van der Waals surface area (Å²) in [5.41, 5.74) is 1.03. The molecule has 7 heteroatoms. The normalized spacial score (nSPS) is 11.8. The highest BCUT2D eigenvalue weighted by atomic mass is 35.5. The minimum atomic E-state index is -0.674. The number of carbonyl (C=O) groups excluding carboxylic acids is 2. The van der Waals surface area contributed by atoms with Gasteiger partial charge in [-0.2, -0.15) is 0 Å². The van der Waals surface area contributed by atoms with Crippen LogP contribution in [0.15, 0.2) is 28.8 Å². The minimum absolute atomic E-state index is 0.0345. The SMILES string of the molecule is CCC[C@H](C)NC(=O)COC(=O)c1c(-c2ccccc2Cl)noc1C. The van der Waals surface area contributed by atoms with Crippen molar-refractivity contribution in [2.24, 2.45) is 0 Å². The van der Waals surface area contributed by atoms with Gasteiger partial charge in [-0.25, -0.2) is 4.79 Å². The number of aromatic nitrogens is 1. The lowest BCUT2D eigenvalue weighted by molar-refractivity contribution is -0.124. The Kier molecular flexibility index (Phi) is 6.58. The van der Waals surface area contributed by atoms with Gasteiger partial charge in [0.1, 0.15) is 17.0 Å². The first-order valence-electron chi connectivity index (χ1n) is 8.11. The van der Waals surface area contributed by atoms with E-state index in [0.717, 1.165) is 12.8 Å². The monoisotopic (exact) mass is 364 g/mol. The zero-order valence-corrected chi connectivity index (χ0v) is 15.2. The standard InChI is InChI=1S/C18H21ClN2O4/c1-4-7-11(2)20-15(22)10-24-18(23)16-12(3)25-21-17(16)13-8-5-6-9-14(13)19/h5-6,8-9,11H,4,7,10H2,1-3H3,(H,20,22)/t11-/m0/s1. The summed E-state index contributed by atoms with van der Waals surface area (Å²) < 4.78 is 10.2. The van der Waals surface area contributed by atoms with Crippen molar-refractivity contribution < 1.29 is 18.8 Å². The fourth-order valence-corrected chi connectivity index (χ4v) is 2.70. The third-order valence-corrected chi connectivity index (χ3v) is 3.99. The number of hydrogen-bond acceptors (Lipinski definition) is 5. The van der Waals surface area contributed by atoms with Gasteiger partial charge in [-0.3, -0.25) is 4.79 Å². The largest absolute Gasteiger partial charge is 0.452 e. The summed E-state index contributed by atoms with van der Waals surface area (Å²) in [6.07, 6.45) is 1.82. The number of carbonyl (C=O) groups is 2. The maximum absolute atomic E-state index is 12.4. The van der Waals surface area contributed by atoms with Crippen LogP contribution in [0.4, 0.5) is 0 Å². The van der Waals surface area contributed by atoms with Crippen molar-refractivity contribution in [3.63, 3.8) is 0 Å². The van der Waals surface area contributed by atoms with Crippen LogP contribution in [0.1, 0.15) is 42.8 Å². The van der Waals surface area contributed by atoms with E-state index in [0.29, 0.717) is 22.0 Å². The molecule has 6 nitrogen and oxygen atoms in total. The maximum atomic E-state index is 12.4. The van der Waals surface area contributed by atoms with E-state index in [2.05, 4.69) is 10.5 Å². The number of halogens is 1. The molecule has 134 valence electrons. The summed E-state index contributed by atoms with van der Waals surface area (Å²) in [6, 6.07) is 7.02. The number of ether oxygens (including phenoxy) is 1. The van der Waals surface area contributed by atoms with Crippen LogP contribution in [0.2, 0.25) is 5.02 Å². The topological polar surface area (TPSA) is 81.4 Å². The molecule has 1 heterocycles. The molecule has 0 saturated heterocycles. The zero-order chi connectivity index (χ0) is 18.4. The molecule has 2 aromatic rings. The number of amides is 1. The van der Waals surface area contributed by atoms with Crippen LogP contribution in [0, 0.1) is 6.92 Å². The van der Waals surface area contributed by atoms with E-state index in [9.17, 15) is 9.59 Å². The van der Waals surface area contributed by atoms with Gasteiger partial charge in [-0.05, 0) is 26.3 Å². The second kappa shape index (κ2) is 8.67. The van der Waals surface area contributed by atoms with Crippen molar-refractivity contribution in [3.05, 3.63) is 40.6 Å². The fraction of sp³-hybridized carbons (Fsp3) is 0.389. The molecular formula is C18H21ClN2O4. The third kappa shape index (κ3) is 4.82. The molecule has 0 unspecified atom stereocenters. The van der Waals surface area contributed by atoms with E-state index in [-0.39, 0.29) is 24.1 Å². The van der Waals surface area contributed by atoms with Crippen LogP contribution >= 0.6 is 11.6 Å². The molecule has 0 saturated carbocycles. The summed E-state index contributed by atoms with van der Waals surface area (Å²) >= 11 is 6.16. The first kappa shape index (κ1) is 19.0. The molecule has 0 aliphatic rings. The first-order chi connectivity index (χ1) is 11.9. The average Bonchev–Trinajstić information content (AvgIpc) is 2.95. The van der Waals surface area contributed by atoms with Gasteiger partial charge in [-0.15, -0.1) is 0 Å². The molecule has 0 fully saturated rings. The Morgan fingerprint density at radius 1 is 1.36 bits per heavy atom. The summed E-state index contributed by atoms with van der Waals surface area (Å²) in [7, 11) is 0. The number of nitrogens with zero attached hydrogens (tertiary/aromatic N) is 1. The number of rotatable bonds is 7. The molecule has 0 aliphatic carbocycles. The Morgan fingerprint density at radius 2 is 2.08 bits per heavy atom. The molecule has 25 heavy (non-hydrogen) atoms. The van der Waals surface area contributed by atoms with Crippen LogP contribution in [-0.4, -0.2) is 29.7 Å². The molecule has 0 spiro atoms. The van der Waals surface area contributed by atoms with Gasteiger partial charge in [0, 0.05) is 11.6 Å². The second-order valence-corrected chi connectivity index (χ2v) is 6.18. The summed E-state index contributed by atoms with van der Waals surface area (Å²) in [4.78, 5) is 24.3. The minimum Gasteiger partial charge on any atom is -0.452 e. The highest BCUT2D eigenvalue weighted by Gasteiger charge is 2.25. The highest BCUT2D eigenvalue weighted by Crippen LogP contribution is 2.31. The van der Waals surface area contributed by atoms with Gasteiger partial charge in [0.25, 0.3) is 5.91 Å². The molecule has 1 amide bonds. The van der Waals surface area contributed by atoms with Crippen LogP contribution in [0.5, 0.6) is 0 Å². The fourth-order valence-electron chi connectivity index (χ4n) is 2.47. The lowest BCUT2D eigenvalue weighted by atomic mass is 10.1. The third-order valence-electron chi connectivity index (χ3n) is 3.66. The second-order valence-electron chi connectivity index (χ2n) is 5.78. The van der Waals surface area contributed by atoms with Gasteiger partial charge in [0.15, 0.2) is 6.61 Å². The molecular weight excluding hydrogens is 344 g/mol. The van der Waals surface area contributed by atoms with E-state index >= 15 is 0 Å². The number of hydrogen-bond donors (Lipinski definition) is 1. The van der Waals surface area contributed by atoms with Crippen molar-refractivity contribution >= 4 is 23.5 Å². The van der Waals surface area contributed by atoms with E-state index in [1.165, 1.54) is 0 Å². The van der Waals surface area contributed by atoms with Gasteiger partial charge in [0.05, 0.1) is 5.02 Å². The smallest absolute Gasteiger partial charge is 0.344 e. The number of benzene rings is 1. The summed E-state index contributed by atoms with van der Waals surface area (Å²) in [5, 5.41) is 7.12. The maximum Gasteiger partial charge on any atom is 0.344 e. The molecule has 1 atom stereocenters. The van der Waals surface area contributed by atoms with Crippen LogP contribution < -0.4 is 5.32 Å². The number of esters is 1. The molecule has 1 aromatic carbocycles. The van der Waals surface area contributed by atoms with Crippen molar-refractivity contribution in [3.8, 4) is 11.3 Å². The van der Waals surface area contributed by atoms with E-state index in [1.807, 2.05) is 13.8 Å². The van der Waals surface area contributed by atoms with Crippen molar-refractivity contribution in [1.29, 1.82) is 0 Å². The van der Waals surface area contributed by atoms with Crippen LogP contribution in [-0.2, 0) is 9.53 Å². The summed E-state index contributed by atoms with van der Waals surface area (Å²) in [6.45, 7) is 5.18. The predicted octanol–water partition coefficient (Wildman–Crippen LogP) is 3.77. The molecule has 1 aromatic heterocycles. The Hall–Kier alpha value is -2.34. The highest BCUT2D eigenvalue weighted by molar-refractivity contribution is 6.33. The van der Waals surface area contributed by atoms with Crippen LogP contribution in [0.25, 0.3) is 11.3 Å². The van der Waals surface area contributed by atoms with Crippen molar-refractivity contribution in [2.75, 3.05) is 6.61 Å². The average molecular weight is 365 g/mol. The van der Waals surface area contributed by atoms with E-state index < -0.39 is 5.97 Å². The molecule has 0 aliphatic heterocycles. The lowest BCUT2D eigenvalue weighted by Crippen LogP contribution is -2.35. The lowest BCUT2D eigenvalue weighted by Gasteiger charge is -2.12. The van der Waals surface area contributed by atoms with E-state index in [4.69, 9.17) is 20.9 Å². The number of aryl methyl sites for hydroxylation is 1. The Labute approximate surface area is 151 Å². The molecule has 0 bridgehead atoms. The van der Waals surface area contributed by atoms with Crippen LogP contribution in [0.3, 0.4) is 0 Å². The van der Waals surface area contributed by atoms with Gasteiger partial charge >= 0.3 is 5.97 Å². The Bertz CT molecular complexity index is 757. The molecule has 1 N–H and O–H groups in total. The zero-order valence-electron chi connectivity index (χ0n) is 14.5. The van der Waals surface area contributed by atoms with Crippen molar-refractivity contribution in [1.82, 2.24) is 10.5 Å². The van der Waals surface area contributed by atoms with Gasteiger partial charge in [-0.1, -0.05) is 48.3 Å². The Balaban J connectivity index is 2.09. The van der Waals surface area contributed by atoms with Crippen molar-refractivity contribution in [2.45, 2.75) is 39.7 Å². The summed E-state index contributed by atoms with van der Waals surface area (Å²) in [5.74, 6) is -0.714. The number of nitrogens with one attached hydrogen (secondary N) is 1.